The maximum absolute atomic E-state index is 13.5. The molecule has 0 bridgehead atoms. The number of aryl methyl sites for hydroxylation is 1. The van der Waals surface area contributed by atoms with E-state index < -0.39 is 5.82 Å². The number of hydrogen-bond donors (Lipinski definition) is 0. The Morgan fingerprint density at radius 3 is 2.84 bits per heavy atom. The first kappa shape index (κ1) is 13.2. The van der Waals surface area contributed by atoms with Gasteiger partial charge in [-0.15, -0.1) is 11.6 Å². The van der Waals surface area contributed by atoms with E-state index in [9.17, 15) is 4.39 Å². The van der Waals surface area contributed by atoms with E-state index in [1.54, 1.807) is 6.07 Å². The Labute approximate surface area is 121 Å². The van der Waals surface area contributed by atoms with Crippen molar-refractivity contribution in [2.75, 3.05) is 5.88 Å². The number of halogens is 3. The monoisotopic (exact) mass is 300 g/mol. The second-order valence-electron chi connectivity index (χ2n) is 5.17. The third-order valence-corrected chi connectivity index (χ3v) is 4.31. The normalized spacial score (nSPS) is 17.1. The summed E-state index contributed by atoms with van der Waals surface area (Å²) >= 11 is 11.7. The van der Waals surface area contributed by atoms with E-state index in [1.165, 1.54) is 18.9 Å². The second-order valence-corrected chi connectivity index (χ2v) is 5.96. The predicted molar refractivity (Wildman–Crippen MR) is 76.6 cm³/mol. The Kier molecular flexibility index (Phi) is 3.44. The molecule has 0 amide bonds. The Hall–Kier alpha value is -0.800. The molecule has 2 aromatic rings. The van der Waals surface area contributed by atoms with E-state index >= 15 is 0 Å². The van der Waals surface area contributed by atoms with Crippen LogP contribution < -0.4 is 0 Å². The van der Waals surface area contributed by atoms with Crippen molar-refractivity contribution in [2.24, 2.45) is 5.92 Å². The van der Waals surface area contributed by atoms with Crippen LogP contribution in [0.15, 0.2) is 12.1 Å². The van der Waals surface area contributed by atoms with Crippen LogP contribution in [0.4, 0.5) is 4.39 Å². The van der Waals surface area contributed by atoms with Gasteiger partial charge in [0.25, 0.3) is 0 Å². The van der Waals surface area contributed by atoms with E-state index in [4.69, 9.17) is 23.2 Å². The highest BCUT2D eigenvalue weighted by Gasteiger charge is 2.31. The summed E-state index contributed by atoms with van der Waals surface area (Å²) in [4.78, 5) is 4.52. The molecule has 1 aromatic heterocycles. The van der Waals surface area contributed by atoms with Gasteiger partial charge < -0.3 is 4.57 Å². The molecule has 1 fully saturated rings. The number of imidazole rings is 1. The average molecular weight is 301 g/mol. The standard InChI is InChI=1S/C14H15Cl2FN2/c1-8(9-2-3-9)19-13-6-10(16)11(17)7-12(13)18-14(19)4-5-15/h6-9H,2-5H2,1H3. The maximum atomic E-state index is 13.5. The number of fused-ring (bicyclic) bond motifs is 1. The quantitative estimate of drug-likeness (QED) is 0.756. The molecule has 102 valence electrons. The van der Waals surface area contributed by atoms with Crippen LogP contribution in [0.2, 0.25) is 5.02 Å². The Morgan fingerprint density at radius 1 is 1.47 bits per heavy atom. The molecular formula is C14H15Cl2FN2. The van der Waals surface area contributed by atoms with Gasteiger partial charge in [-0.05, 0) is 31.7 Å². The highest BCUT2D eigenvalue weighted by molar-refractivity contribution is 6.31. The fraction of sp³-hybridized carbons (Fsp3) is 0.500. The van der Waals surface area contributed by atoms with Crippen LogP contribution in [-0.4, -0.2) is 15.4 Å². The average Bonchev–Trinajstić information content (AvgIpc) is 3.15. The fourth-order valence-corrected chi connectivity index (χ4v) is 2.97. The van der Waals surface area contributed by atoms with Gasteiger partial charge in [0.05, 0.1) is 16.1 Å². The second kappa shape index (κ2) is 4.95. The summed E-state index contributed by atoms with van der Waals surface area (Å²) in [6.45, 7) is 2.19. The van der Waals surface area contributed by atoms with E-state index in [0.29, 0.717) is 29.8 Å². The zero-order chi connectivity index (χ0) is 13.6. The molecule has 0 N–H and O–H groups in total. The largest absolute Gasteiger partial charge is 0.325 e. The molecule has 1 atom stereocenters. The minimum Gasteiger partial charge on any atom is -0.325 e. The van der Waals surface area contributed by atoms with Crippen LogP contribution in [0.5, 0.6) is 0 Å². The van der Waals surface area contributed by atoms with Crippen molar-refractivity contribution in [1.82, 2.24) is 9.55 Å². The molecule has 0 radical (unpaired) electrons. The van der Waals surface area contributed by atoms with E-state index in [0.717, 1.165) is 11.3 Å². The summed E-state index contributed by atoms with van der Waals surface area (Å²) in [7, 11) is 0. The smallest absolute Gasteiger partial charge is 0.144 e. The molecule has 1 unspecified atom stereocenters. The summed E-state index contributed by atoms with van der Waals surface area (Å²) in [5, 5.41) is 0.147. The molecule has 0 saturated heterocycles. The van der Waals surface area contributed by atoms with Crippen LogP contribution in [0.1, 0.15) is 31.6 Å². The number of aromatic nitrogens is 2. The van der Waals surface area contributed by atoms with Gasteiger partial charge >= 0.3 is 0 Å². The highest BCUT2D eigenvalue weighted by atomic mass is 35.5. The van der Waals surface area contributed by atoms with Crippen LogP contribution in [0.3, 0.4) is 0 Å². The lowest BCUT2D eigenvalue weighted by atomic mass is 10.2. The Morgan fingerprint density at radius 2 is 2.21 bits per heavy atom. The van der Waals surface area contributed by atoms with Crippen LogP contribution >= 0.6 is 23.2 Å². The number of rotatable bonds is 4. The summed E-state index contributed by atoms with van der Waals surface area (Å²) in [5.41, 5.74) is 1.57. The van der Waals surface area contributed by atoms with Crippen LogP contribution in [0, 0.1) is 11.7 Å². The summed E-state index contributed by atoms with van der Waals surface area (Å²) in [6.07, 6.45) is 3.18. The van der Waals surface area contributed by atoms with Gasteiger partial charge in [-0.25, -0.2) is 9.37 Å². The predicted octanol–water partition coefficient (Wildman–Crippen LogP) is 4.58. The third-order valence-electron chi connectivity index (χ3n) is 3.83. The van der Waals surface area contributed by atoms with Gasteiger partial charge in [0.2, 0.25) is 0 Å². The maximum Gasteiger partial charge on any atom is 0.144 e. The molecule has 0 spiro atoms. The van der Waals surface area contributed by atoms with Crippen LogP contribution in [0.25, 0.3) is 11.0 Å². The van der Waals surface area contributed by atoms with Gasteiger partial charge in [0, 0.05) is 24.4 Å². The lowest BCUT2D eigenvalue weighted by molar-refractivity contribution is 0.481. The van der Waals surface area contributed by atoms with Gasteiger partial charge in [-0.1, -0.05) is 11.6 Å². The van der Waals surface area contributed by atoms with E-state index in [1.807, 2.05) is 0 Å². The Balaban J connectivity index is 2.18. The van der Waals surface area contributed by atoms with Crippen molar-refractivity contribution >= 4 is 34.2 Å². The van der Waals surface area contributed by atoms with Gasteiger partial charge in [-0.3, -0.25) is 0 Å². The van der Waals surface area contributed by atoms with E-state index in [2.05, 4.69) is 16.5 Å². The first-order chi connectivity index (χ1) is 9.11. The molecule has 1 aliphatic carbocycles. The molecule has 1 heterocycles. The van der Waals surface area contributed by atoms with Gasteiger partial charge in [0.15, 0.2) is 0 Å². The minimum atomic E-state index is -0.421. The van der Waals surface area contributed by atoms with Gasteiger partial charge in [-0.2, -0.15) is 0 Å². The molecule has 1 aliphatic rings. The van der Waals surface area contributed by atoms with Crippen molar-refractivity contribution in [1.29, 1.82) is 0 Å². The molecule has 19 heavy (non-hydrogen) atoms. The van der Waals surface area contributed by atoms with Crippen molar-refractivity contribution in [3.63, 3.8) is 0 Å². The first-order valence-electron chi connectivity index (χ1n) is 6.53. The van der Waals surface area contributed by atoms with Crippen molar-refractivity contribution in [3.8, 4) is 0 Å². The fourth-order valence-electron chi connectivity index (χ4n) is 2.65. The van der Waals surface area contributed by atoms with Crippen molar-refractivity contribution in [3.05, 3.63) is 28.8 Å². The summed E-state index contributed by atoms with van der Waals surface area (Å²) < 4.78 is 15.7. The number of alkyl halides is 1. The lowest BCUT2D eigenvalue weighted by Gasteiger charge is -2.17. The highest BCUT2D eigenvalue weighted by Crippen LogP contribution is 2.41. The molecule has 0 aliphatic heterocycles. The zero-order valence-electron chi connectivity index (χ0n) is 10.7. The molecule has 1 saturated carbocycles. The number of benzene rings is 1. The van der Waals surface area contributed by atoms with Crippen molar-refractivity contribution in [2.45, 2.75) is 32.2 Å². The molecule has 2 nitrogen and oxygen atoms in total. The molecule has 1 aromatic carbocycles. The molecular weight excluding hydrogens is 286 g/mol. The third kappa shape index (κ3) is 2.34. The molecule has 5 heteroatoms. The van der Waals surface area contributed by atoms with Crippen molar-refractivity contribution < 1.29 is 4.39 Å². The van der Waals surface area contributed by atoms with Gasteiger partial charge in [0.1, 0.15) is 11.6 Å². The SMILES string of the molecule is CC(C1CC1)n1c(CCCl)nc2cc(F)c(Cl)cc21. The molecule has 3 rings (SSSR count). The topological polar surface area (TPSA) is 17.8 Å². The summed E-state index contributed by atoms with van der Waals surface area (Å²) in [5.74, 6) is 1.70. The Bertz CT molecular complexity index is 619. The van der Waals surface area contributed by atoms with Crippen LogP contribution in [-0.2, 0) is 6.42 Å². The lowest BCUT2D eigenvalue weighted by Crippen LogP contribution is -2.11. The first-order valence-corrected chi connectivity index (χ1v) is 7.45. The number of nitrogens with zero attached hydrogens (tertiary/aromatic N) is 2. The van der Waals surface area contributed by atoms with E-state index in [-0.39, 0.29) is 5.02 Å². The number of hydrogen-bond acceptors (Lipinski definition) is 1. The zero-order valence-corrected chi connectivity index (χ0v) is 12.2. The summed E-state index contributed by atoms with van der Waals surface area (Å²) in [6, 6.07) is 3.45. The minimum absolute atomic E-state index is 0.147.